The van der Waals surface area contributed by atoms with Crippen LogP contribution in [0.3, 0.4) is 0 Å². The molecule has 0 aliphatic carbocycles. The SMILES string of the molecule is O=C1CC(c2nc(-c3ccc(F)c(Br)c3)no2)CN1CCCc1ccccc1. The fourth-order valence-corrected chi connectivity index (χ4v) is 3.80. The summed E-state index contributed by atoms with van der Waals surface area (Å²) in [5.41, 5.74) is 1.94. The number of aromatic nitrogens is 2. The number of benzene rings is 2. The van der Waals surface area contributed by atoms with Crippen LogP contribution in [0.15, 0.2) is 57.5 Å². The van der Waals surface area contributed by atoms with E-state index in [9.17, 15) is 9.18 Å². The van der Waals surface area contributed by atoms with Crippen molar-refractivity contribution < 1.29 is 13.7 Å². The van der Waals surface area contributed by atoms with E-state index in [1.807, 2.05) is 23.1 Å². The summed E-state index contributed by atoms with van der Waals surface area (Å²) in [6.07, 6.45) is 2.24. The molecule has 1 aliphatic rings. The number of aryl methyl sites for hydroxylation is 1. The van der Waals surface area contributed by atoms with Gasteiger partial charge in [-0.15, -0.1) is 0 Å². The fourth-order valence-electron chi connectivity index (χ4n) is 3.43. The second kappa shape index (κ2) is 8.22. The molecule has 1 saturated heterocycles. The molecule has 144 valence electrons. The molecular formula is C21H19BrFN3O2. The topological polar surface area (TPSA) is 59.2 Å². The van der Waals surface area contributed by atoms with Crippen molar-refractivity contribution in [3.8, 4) is 11.4 Å². The van der Waals surface area contributed by atoms with Crippen LogP contribution in [0.5, 0.6) is 0 Å². The summed E-state index contributed by atoms with van der Waals surface area (Å²) >= 11 is 3.16. The maximum Gasteiger partial charge on any atom is 0.232 e. The van der Waals surface area contributed by atoms with Gasteiger partial charge < -0.3 is 9.42 Å². The number of amides is 1. The number of hydrogen-bond acceptors (Lipinski definition) is 4. The summed E-state index contributed by atoms with van der Waals surface area (Å²) < 4.78 is 19.1. The van der Waals surface area contributed by atoms with Crippen LogP contribution in [-0.2, 0) is 11.2 Å². The van der Waals surface area contributed by atoms with Gasteiger partial charge in [-0.25, -0.2) is 4.39 Å². The minimum Gasteiger partial charge on any atom is -0.342 e. The van der Waals surface area contributed by atoms with Gasteiger partial charge in [0.2, 0.25) is 17.6 Å². The van der Waals surface area contributed by atoms with Crippen molar-refractivity contribution in [2.45, 2.75) is 25.2 Å². The lowest BCUT2D eigenvalue weighted by Gasteiger charge is -2.15. The van der Waals surface area contributed by atoms with Crippen molar-refractivity contribution >= 4 is 21.8 Å². The second-order valence-electron chi connectivity index (χ2n) is 6.92. The summed E-state index contributed by atoms with van der Waals surface area (Å²) in [6, 6.07) is 14.8. The highest BCUT2D eigenvalue weighted by atomic mass is 79.9. The van der Waals surface area contributed by atoms with Gasteiger partial charge in [0.05, 0.1) is 10.4 Å². The molecule has 0 radical (unpaired) electrons. The minimum atomic E-state index is -0.347. The molecule has 0 saturated carbocycles. The molecule has 4 rings (SSSR count). The van der Waals surface area contributed by atoms with Crippen LogP contribution in [-0.4, -0.2) is 34.0 Å². The van der Waals surface area contributed by atoms with E-state index in [-0.39, 0.29) is 17.6 Å². The van der Waals surface area contributed by atoms with Crippen LogP contribution < -0.4 is 0 Å². The summed E-state index contributed by atoms with van der Waals surface area (Å²) in [5.74, 6) is 0.511. The van der Waals surface area contributed by atoms with Crippen LogP contribution in [0.25, 0.3) is 11.4 Å². The quantitative estimate of drug-likeness (QED) is 0.558. The summed E-state index contributed by atoms with van der Waals surface area (Å²) in [4.78, 5) is 18.6. The maximum absolute atomic E-state index is 13.4. The molecule has 5 nitrogen and oxygen atoms in total. The first kappa shape index (κ1) is 18.8. The third-order valence-electron chi connectivity index (χ3n) is 4.92. The van der Waals surface area contributed by atoms with E-state index in [0.717, 1.165) is 19.4 Å². The van der Waals surface area contributed by atoms with Gasteiger partial charge in [-0.1, -0.05) is 35.5 Å². The molecule has 0 bridgehead atoms. The molecule has 1 aromatic heterocycles. The van der Waals surface area contributed by atoms with Gasteiger partial charge in [-0.05, 0) is 52.5 Å². The van der Waals surface area contributed by atoms with Gasteiger partial charge in [0.1, 0.15) is 5.82 Å². The Balaban J connectivity index is 1.37. The Kier molecular flexibility index (Phi) is 5.52. The number of hydrogen-bond donors (Lipinski definition) is 0. The Labute approximate surface area is 170 Å². The molecule has 0 spiro atoms. The predicted molar refractivity (Wildman–Crippen MR) is 106 cm³/mol. The highest BCUT2D eigenvalue weighted by Gasteiger charge is 2.34. The number of nitrogens with zero attached hydrogens (tertiary/aromatic N) is 3. The lowest BCUT2D eigenvalue weighted by Crippen LogP contribution is -2.26. The molecular weight excluding hydrogens is 425 g/mol. The first-order valence-corrected chi connectivity index (χ1v) is 10.00. The molecule has 1 atom stereocenters. The monoisotopic (exact) mass is 443 g/mol. The van der Waals surface area contributed by atoms with Crippen molar-refractivity contribution in [3.63, 3.8) is 0 Å². The molecule has 2 heterocycles. The zero-order valence-corrected chi connectivity index (χ0v) is 16.7. The fraction of sp³-hybridized carbons (Fsp3) is 0.286. The Morgan fingerprint density at radius 2 is 2.04 bits per heavy atom. The predicted octanol–water partition coefficient (Wildman–Crippen LogP) is 4.59. The lowest BCUT2D eigenvalue weighted by molar-refractivity contribution is -0.127. The number of halogens is 2. The third kappa shape index (κ3) is 4.14. The van der Waals surface area contributed by atoms with E-state index < -0.39 is 0 Å². The smallest absolute Gasteiger partial charge is 0.232 e. The summed E-state index contributed by atoms with van der Waals surface area (Å²) in [7, 11) is 0. The van der Waals surface area contributed by atoms with Gasteiger partial charge in [0.25, 0.3) is 0 Å². The van der Waals surface area contributed by atoms with E-state index in [0.29, 0.717) is 34.7 Å². The first-order valence-electron chi connectivity index (χ1n) is 9.21. The van der Waals surface area contributed by atoms with Gasteiger partial charge in [0, 0.05) is 25.1 Å². The lowest BCUT2D eigenvalue weighted by atomic mass is 10.1. The van der Waals surface area contributed by atoms with E-state index in [2.05, 4.69) is 38.2 Å². The average Bonchev–Trinajstić information content (AvgIpc) is 3.32. The van der Waals surface area contributed by atoms with Gasteiger partial charge in [0.15, 0.2) is 0 Å². The molecule has 1 aliphatic heterocycles. The molecule has 28 heavy (non-hydrogen) atoms. The third-order valence-corrected chi connectivity index (χ3v) is 5.53. The van der Waals surface area contributed by atoms with E-state index >= 15 is 0 Å². The molecule has 1 unspecified atom stereocenters. The Morgan fingerprint density at radius 3 is 2.82 bits per heavy atom. The Hall–Kier alpha value is -2.54. The van der Waals surface area contributed by atoms with Gasteiger partial charge in [-0.2, -0.15) is 4.98 Å². The van der Waals surface area contributed by atoms with Gasteiger partial charge >= 0.3 is 0 Å². The molecule has 3 aromatic rings. The Morgan fingerprint density at radius 1 is 1.21 bits per heavy atom. The zero-order valence-electron chi connectivity index (χ0n) is 15.1. The van der Waals surface area contributed by atoms with Gasteiger partial charge in [-0.3, -0.25) is 4.79 Å². The van der Waals surface area contributed by atoms with Crippen molar-refractivity contribution in [2.75, 3.05) is 13.1 Å². The second-order valence-corrected chi connectivity index (χ2v) is 7.77. The highest BCUT2D eigenvalue weighted by molar-refractivity contribution is 9.10. The normalized spacial score (nSPS) is 16.7. The van der Waals surface area contributed by atoms with Crippen molar-refractivity contribution in [2.24, 2.45) is 0 Å². The van der Waals surface area contributed by atoms with Crippen LogP contribution in [0.1, 0.15) is 30.2 Å². The largest absolute Gasteiger partial charge is 0.342 e. The van der Waals surface area contributed by atoms with E-state index in [1.54, 1.807) is 12.1 Å². The van der Waals surface area contributed by atoms with Crippen LogP contribution in [0, 0.1) is 5.82 Å². The summed E-state index contributed by atoms with van der Waals surface area (Å²) in [5, 5.41) is 3.99. The van der Waals surface area contributed by atoms with Crippen LogP contribution in [0.2, 0.25) is 0 Å². The highest BCUT2D eigenvalue weighted by Crippen LogP contribution is 2.30. The van der Waals surface area contributed by atoms with Crippen molar-refractivity contribution in [3.05, 3.63) is 70.3 Å². The molecule has 1 fully saturated rings. The van der Waals surface area contributed by atoms with Crippen molar-refractivity contribution in [1.82, 2.24) is 15.0 Å². The molecule has 7 heteroatoms. The van der Waals surface area contributed by atoms with Crippen molar-refractivity contribution in [1.29, 1.82) is 0 Å². The molecule has 1 amide bonds. The van der Waals surface area contributed by atoms with Crippen LogP contribution in [0.4, 0.5) is 4.39 Å². The summed E-state index contributed by atoms with van der Waals surface area (Å²) in [6.45, 7) is 1.30. The van der Waals surface area contributed by atoms with E-state index in [1.165, 1.54) is 11.6 Å². The standard InChI is InChI=1S/C21H19BrFN3O2/c22-17-11-15(8-9-18(17)23)20-24-21(28-25-20)16-12-19(27)26(13-16)10-4-7-14-5-2-1-3-6-14/h1-3,5-6,8-9,11,16H,4,7,10,12-13H2. The number of carbonyl (C=O) groups excluding carboxylic acids is 1. The number of rotatable bonds is 6. The Bertz CT molecular complexity index is 977. The molecule has 2 aromatic carbocycles. The number of likely N-dealkylation sites (tertiary alicyclic amines) is 1. The van der Waals surface area contributed by atoms with Crippen LogP contribution >= 0.6 is 15.9 Å². The average molecular weight is 444 g/mol. The first-order chi connectivity index (χ1) is 13.6. The number of carbonyl (C=O) groups is 1. The maximum atomic E-state index is 13.4. The molecule has 0 N–H and O–H groups in total. The zero-order chi connectivity index (χ0) is 19.5. The van der Waals surface area contributed by atoms with E-state index in [4.69, 9.17) is 4.52 Å². The minimum absolute atomic E-state index is 0.102.